The van der Waals surface area contributed by atoms with E-state index in [-0.39, 0.29) is 30.9 Å². The zero-order valence-electron chi connectivity index (χ0n) is 14.5. The van der Waals surface area contributed by atoms with Crippen LogP contribution in [0.4, 0.5) is 4.79 Å². The lowest BCUT2D eigenvalue weighted by Crippen LogP contribution is -2.49. The summed E-state index contributed by atoms with van der Waals surface area (Å²) in [4.78, 5) is 45.6. The molecular weight excluding hydrogens is 318 g/mol. The predicted molar refractivity (Wildman–Crippen MR) is 86.3 cm³/mol. The van der Waals surface area contributed by atoms with E-state index in [1.165, 1.54) is 0 Å². The summed E-state index contributed by atoms with van der Waals surface area (Å²) in [5.74, 6) is -2.36. The third-order valence-electron chi connectivity index (χ3n) is 2.85. The Morgan fingerprint density at radius 2 is 1.62 bits per heavy atom. The van der Waals surface area contributed by atoms with Crippen molar-refractivity contribution in [2.45, 2.75) is 52.7 Å². The molecule has 0 aromatic heterocycles. The normalized spacial score (nSPS) is 11.8. The van der Waals surface area contributed by atoms with Crippen LogP contribution in [0.2, 0.25) is 0 Å². The summed E-state index contributed by atoms with van der Waals surface area (Å²) < 4.78 is 4.90. The molecule has 3 amide bonds. The fourth-order valence-corrected chi connectivity index (χ4v) is 1.65. The molecule has 1 atom stereocenters. The van der Waals surface area contributed by atoms with Crippen LogP contribution < -0.4 is 16.0 Å². The molecule has 0 aliphatic carbocycles. The number of carbonyl (C=O) groups excluding carboxylic acids is 3. The van der Waals surface area contributed by atoms with Crippen LogP contribution in [-0.4, -0.2) is 54.2 Å². The Balaban J connectivity index is 4.43. The van der Waals surface area contributed by atoms with E-state index in [0.29, 0.717) is 6.42 Å². The summed E-state index contributed by atoms with van der Waals surface area (Å²) in [7, 11) is 0. The lowest BCUT2D eigenvalue weighted by Gasteiger charge is -2.19. The summed E-state index contributed by atoms with van der Waals surface area (Å²) in [6.45, 7) is 6.57. The van der Waals surface area contributed by atoms with E-state index in [0.717, 1.165) is 0 Å². The first kappa shape index (κ1) is 21.7. The molecule has 0 unspecified atom stereocenters. The van der Waals surface area contributed by atoms with Crippen molar-refractivity contribution in [2.24, 2.45) is 5.92 Å². The molecule has 24 heavy (non-hydrogen) atoms. The second-order valence-corrected chi connectivity index (χ2v) is 5.85. The second kappa shape index (κ2) is 11.3. The van der Waals surface area contributed by atoms with Gasteiger partial charge in [-0.15, -0.1) is 0 Å². The van der Waals surface area contributed by atoms with E-state index in [1.807, 2.05) is 0 Å². The van der Waals surface area contributed by atoms with Crippen LogP contribution in [0.3, 0.4) is 0 Å². The van der Waals surface area contributed by atoms with Crippen LogP contribution in [-0.2, 0) is 19.1 Å². The molecule has 138 valence electrons. The quantitative estimate of drug-likeness (QED) is 0.419. The molecule has 0 rings (SSSR count). The SMILES string of the molecule is CC(C)OC(=O)NCCC[C@H](NC(=O)C(C)C)C(=O)NCC(=O)O. The number of rotatable bonds is 10. The average molecular weight is 345 g/mol. The Morgan fingerprint density at radius 3 is 2.12 bits per heavy atom. The molecule has 9 nitrogen and oxygen atoms in total. The van der Waals surface area contributed by atoms with E-state index in [9.17, 15) is 19.2 Å². The number of hydrogen-bond acceptors (Lipinski definition) is 5. The van der Waals surface area contributed by atoms with E-state index >= 15 is 0 Å². The van der Waals surface area contributed by atoms with Gasteiger partial charge in [0.2, 0.25) is 11.8 Å². The first-order chi connectivity index (χ1) is 11.1. The molecule has 9 heteroatoms. The van der Waals surface area contributed by atoms with E-state index < -0.39 is 30.6 Å². The highest BCUT2D eigenvalue weighted by atomic mass is 16.6. The fraction of sp³-hybridized carbons (Fsp3) is 0.733. The lowest BCUT2D eigenvalue weighted by atomic mass is 10.1. The van der Waals surface area contributed by atoms with Crippen LogP contribution in [0, 0.1) is 5.92 Å². The Bertz CT molecular complexity index is 450. The molecule has 0 spiro atoms. The van der Waals surface area contributed by atoms with E-state index in [4.69, 9.17) is 9.84 Å². The van der Waals surface area contributed by atoms with E-state index in [2.05, 4.69) is 16.0 Å². The Morgan fingerprint density at radius 1 is 1.00 bits per heavy atom. The minimum absolute atomic E-state index is 0.232. The Hall–Kier alpha value is -2.32. The zero-order chi connectivity index (χ0) is 18.7. The van der Waals surface area contributed by atoms with Crippen LogP contribution in [0.15, 0.2) is 0 Å². The summed E-state index contributed by atoms with van der Waals surface area (Å²) in [6.07, 6.45) is -0.115. The topological polar surface area (TPSA) is 134 Å². The maximum Gasteiger partial charge on any atom is 0.407 e. The number of hydrogen-bond donors (Lipinski definition) is 4. The molecule has 0 saturated heterocycles. The van der Waals surface area contributed by atoms with Crippen LogP contribution in [0.25, 0.3) is 0 Å². The van der Waals surface area contributed by atoms with Gasteiger partial charge in [-0.1, -0.05) is 13.8 Å². The van der Waals surface area contributed by atoms with Gasteiger partial charge in [0.15, 0.2) is 0 Å². The van der Waals surface area contributed by atoms with Gasteiger partial charge in [0.05, 0.1) is 6.10 Å². The maximum absolute atomic E-state index is 12.0. The van der Waals surface area contributed by atoms with Gasteiger partial charge in [-0.2, -0.15) is 0 Å². The van der Waals surface area contributed by atoms with Gasteiger partial charge >= 0.3 is 12.1 Å². The summed E-state index contributed by atoms with van der Waals surface area (Å²) >= 11 is 0. The molecule has 0 aromatic carbocycles. The van der Waals surface area contributed by atoms with Crippen molar-refractivity contribution in [2.75, 3.05) is 13.1 Å². The molecule has 0 fully saturated rings. The first-order valence-electron chi connectivity index (χ1n) is 7.87. The van der Waals surface area contributed by atoms with Gasteiger partial charge in [0, 0.05) is 12.5 Å². The van der Waals surface area contributed by atoms with Crippen molar-refractivity contribution in [1.82, 2.24) is 16.0 Å². The van der Waals surface area contributed by atoms with Gasteiger partial charge in [0.1, 0.15) is 12.6 Å². The summed E-state index contributed by atoms with van der Waals surface area (Å²) in [5, 5.41) is 15.9. The number of ether oxygens (including phenoxy) is 1. The summed E-state index contributed by atoms with van der Waals surface area (Å²) in [5.41, 5.74) is 0. The average Bonchev–Trinajstić information content (AvgIpc) is 2.46. The molecule has 0 heterocycles. The van der Waals surface area contributed by atoms with Gasteiger partial charge in [-0.25, -0.2) is 4.79 Å². The van der Waals surface area contributed by atoms with Gasteiger partial charge in [0.25, 0.3) is 0 Å². The highest BCUT2D eigenvalue weighted by Crippen LogP contribution is 2.01. The van der Waals surface area contributed by atoms with Crippen LogP contribution in [0.5, 0.6) is 0 Å². The standard InChI is InChI=1S/C15H27N3O6/c1-9(2)13(21)18-11(14(22)17-8-12(19)20)6-5-7-16-15(23)24-10(3)4/h9-11H,5-8H2,1-4H3,(H,16,23)(H,17,22)(H,18,21)(H,19,20)/t11-/m0/s1. The van der Waals surface area contributed by atoms with Gasteiger partial charge in [-0.3, -0.25) is 14.4 Å². The monoisotopic (exact) mass is 345 g/mol. The smallest absolute Gasteiger partial charge is 0.407 e. The molecule has 0 aliphatic rings. The van der Waals surface area contributed by atoms with Crippen molar-refractivity contribution in [3.05, 3.63) is 0 Å². The van der Waals surface area contributed by atoms with Crippen LogP contribution in [0.1, 0.15) is 40.5 Å². The second-order valence-electron chi connectivity index (χ2n) is 5.85. The maximum atomic E-state index is 12.0. The van der Waals surface area contributed by atoms with Crippen molar-refractivity contribution in [3.63, 3.8) is 0 Å². The number of alkyl carbamates (subject to hydrolysis) is 1. The largest absolute Gasteiger partial charge is 0.480 e. The Kier molecular flexibility index (Phi) is 10.2. The fourth-order valence-electron chi connectivity index (χ4n) is 1.65. The lowest BCUT2D eigenvalue weighted by molar-refractivity contribution is -0.138. The Labute approximate surface area is 141 Å². The highest BCUT2D eigenvalue weighted by molar-refractivity contribution is 5.89. The van der Waals surface area contributed by atoms with Crippen molar-refractivity contribution >= 4 is 23.9 Å². The number of aliphatic carboxylic acids is 1. The number of carboxylic acid groups (broad SMARTS) is 1. The van der Waals surface area contributed by atoms with E-state index in [1.54, 1.807) is 27.7 Å². The minimum Gasteiger partial charge on any atom is -0.480 e. The van der Waals surface area contributed by atoms with Crippen LogP contribution >= 0.6 is 0 Å². The molecule has 0 aromatic rings. The predicted octanol–water partition coefficient (Wildman–Crippen LogP) is 0.243. The number of nitrogens with one attached hydrogen (secondary N) is 3. The minimum atomic E-state index is -1.17. The number of carboxylic acids is 1. The molecule has 0 saturated carbocycles. The van der Waals surface area contributed by atoms with Crippen molar-refractivity contribution in [3.8, 4) is 0 Å². The van der Waals surface area contributed by atoms with Gasteiger partial charge in [-0.05, 0) is 26.7 Å². The molecule has 0 radical (unpaired) electrons. The molecule has 0 aliphatic heterocycles. The molecule has 0 bridgehead atoms. The summed E-state index contributed by atoms with van der Waals surface area (Å²) in [6, 6.07) is -0.859. The number of carbonyl (C=O) groups is 4. The van der Waals surface area contributed by atoms with Crippen molar-refractivity contribution < 1.29 is 29.0 Å². The third-order valence-corrected chi connectivity index (χ3v) is 2.85. The molecule has 4 N–H and O–H groups in total. The highest BCUT2D eigenvalue weighted by Gasteiger charge is 2.22. The zero-order valence-corrected chi connectivity index (χ0v) is 14.5. The van der Waals surface area contributed by atoms with Gasteiger partial charge < -0.3 is 25.8 Å². The first-order valence-corrected chi connectivity index (χ1v) is 7.87. The van der Waals surface area contributed by atoms with Crippen molar-refractivity contribution in [1.29, 1.82) is 0 Å². The molecular formula is C15H27N3O6. The number of amides is 3. The third kappa shape index (κ3) is 10.4.